The minimum absolute atomic E-state index is 0.192. The maximum absolute atomic E-state index is 10.9. The highest BCUT2D eigenvalue weighted by Gasteiger charge is 2.21. The summed E-state index contributed by atoms with van der Waals surface area (Å²) in [6.07, 6.45) is 4.42. The van der Waals surface area contributed by atoms with Crippen molar-refractivity contribution in [3.63, 3.8) is 0 Å². The van der Waals surface area contributed by atoms with Crippen molar-refractivity contribution in [1.29, 1.82) is 0 Å². The minimum atomic E-state index is 0.192. The first kappa shape index (κ1) is 12.3. The van der Waals surface area contributed by atoms with Crippen molar-refractivity contribution in [2.75, 3.05) is 25.5 Å². The number of likely N-dealkylation sites (N-methyl/N-ethyl adjacent to an activating group) is 1. The number of anilines is 1. The predicted octanol–water partition coefficient (Wildman–Crippen LogP) is 1.45. The van der Waals surface area contributed by atoms with E-state index in [1.54, 1.807) is 0 Å². The SMILES string of the molecule is CN1CCCC1CNc1ncnc(Cl)c1C=O. The molecule has 1 atom stereocenters. The molecule has 1 aliphatic rings. The van der Waals surface area contributed by atoms with E-state index in [2.05, 4.69) is 27.2 Å². The molecule has 6 heteroatoms. The van der Waals surface area contributed by atoms with E-state index in [1.165, 1.54) is 19.2 Å². The molecule has 1 unspecified atom stereocenters. The molecule has 17 heavy (non-hydrogen) atoms. The highest BCUT2D eigenvalue weighted by Crippen LogP contribution is 2.19. The van der Waals surface area contributed by atoms with Gasteiger partial charge < -0.3 is 10.2 Å². The van der Waals surface area contributed by atoms with E-state index in [-0.39, 0.29) is 5.15 Å². The number of carbonyl (C=O) groups excluding carboxylic acids is 1. The summed E-state index contributed by atoms with van der Waals surface area (Å²) in [6.45, 7) is 1.89. The van der Waals surface area contributed by atoms with Gasteiger partial charge in [-0.2, -0.15) is 0 Å². The van der Waals surface area contributed by atoms with Crippen molar-refractivity contribution in [2.45, 2.75) is 18.9 Å². The van der Waals surface area contributed by atoms with Gasteiger partial charge in [-0.1, -0.05) is 11.6 Å². The first-order valence-corrected chi connectivity index (χ1v) is 6.00. The molecule has 0 spiro atoms. The number of aromatic nitrogens is 2. The summed E-state index contributed by atoms with van der Waals surface area (Å²) < 4.78 is 0. The van der Waals surface area contributed by atoms with Crippen molar-refractivity contribution < 1.29 is 4.79 Å². The van der Waals surface area contributed by atoms with Crippen molar-refractivity contribution in [1.82, 2.24) is 14.9 Å². The fourth-order valence-electron chi connectivity index (χ4n) is 2.07. The zero-order chi connectivity index (χ0) is 12.3. The number of carbonyl (C=O) groups is 1. The van der Waals surface area contributed by atoms with Gasteiger partial charge in [0.15, 0.2) is 6.29 Å². The van der Waals surface area contributed by atoms with Crippen LogP contribution in [0.2, 0.25) is 5.15 Å². The largest absolute Gasteiger partial charge is 0.368 e. The van der Waals surface area contributed by atoms with Gasteiger partial charge in [-0.3, -0.25) is 4.79 Å². The van der Waals surface area contributed by atoms with Gasteiger partial charge in [0.25, 0.3) is 0 Å². The van der Waals surface area contributed by atoms with Gasteiger partial charge in [0.1, 0.15) is 17.3 Å². The van der Waals surface area contributed by atoms with Crippen LogP contribution in [0.1, 0.15) is 23.2 Å². The van der Waals surface area contributed by atoms with Crippen LogP contribution >= 0.6 is 11.6 Å². The Labute approximate surface area is 105 Å². The number of likely N-dealkylation sites (tertiary alicyclic amines) is 1. The Kier molecular flexibility index (Phi) is 3.91. The molecule has 0 aromatic carbocycles. The van der Waals surface area contributed by atoms with E-state index in [9.17, 15) is 4.79 Å². The molecule has 2 heterocycles. The van der Waals surface area contributed by atoms with E-state index < -0.39 is 0 Å². The zero-order valence-corrected chi connectivity index (χ0v) is 10.4. The van der Waals surface area contributed by atoms with Crippen LogP contribution in [0.25, 0.3) is 0 Å². The molecule has 2 rings (SSSR count). The normalized spacial score (nSPS) is 20.5. The van der Waals surface area contributed by atoms with E-state index >= 15 is 0 Å². The highest BCUT2D eigenvalue weighted by atomic mass is 35.5. The molecule has 0 radical (unpaired) electrons. The third-order valence-electron chi connectivity index (χ3n) is 3.13. The summed E-state index contributed by atoms with van der Waals surface area (Å²) in [4.78, 5) is 21.0. The monoisotopic (exact) mass is 254 g/mol. The first-order valence-electron chi connectivity index (χ1n) is 5.62. The molecule has 1 aromatic rings. The molecule has 1 saturated heterocycles. The lowest BCUT2D eigenvalue weighted by Crippen LogP contribution is -2.32. The molecule has 0 saturated carbocycles. The predicted molar refractivity (Wildman–Crippen MR) is 66.6 cm³/mol. The second-order valence-corrected chi connectivity index (χ2v) is 4.56. The van der Waals surface area contributed by atoms with Crippen LogP contribution in [0.5, 0.6) is 0 Å². The number of aldehydes is 1. The number of nitrogens with zero attached hydrogens (tertiary/aromatic N) is 3. The Hall–Kier alpha value is -1.20. The summed E-state index contributed by atoms with van der Waals surface area (Å²) in [6, 6.07) is 0.489. The fourth-order valence-corrected chi connectivity index (χ4v) is 2.25. The lowest BCUT2D eigenvalue weighted by atomic mass is 10.2. The maximum Gasteiger partial charge on any atom is 0.156 e. The molecule has 0 aliphatic carbocycles. The highest BCUT2D eigenvalue weighted by molar-refractivity contribution is 6.32. The van der Waals surface area contributed by atoms with Crippen LogP contribution in [-0.4, -0.2) is 47.3 Å². The van der Waals surface area contributed by atoms with Gasteiger partial charge in [0.05, 0.1) is 5.56 Å². The lowest BCUT2D eigenvalue weighted by Gasteiger charge is -2.20. The molecule has 1 aliphatic heterocycles. The maximum atomic E-state index is 10.9. The Bertz CT molecular complexity index is 412. The van der Waals surface area contributed by atoms with Crippen molar-refractivity contribution in [3.8, 4) is 0 Å². The average Bonchev–Trinajstić information content (AvgIpc) is 2.72. The summed E-state index contributed by atoms with van der Waals surface area (Å²) in [5.41, 5.74) is 0.329. The molecule has 1 fully saturated rings. The van der Waals surface area contributed by atoms with E-state index in [1.807, 2.05) is 0 Å². The lowest BCUT2D eigenvalue weighted by molar-refractivity contribution is 0.112. The Morgan fingerprint density at radius 1 is 1.65 bits per heavy atom. The van der Waals surface area contributed by atoms with Crippen LogP contribution in [0, 0.1) is 0 Å². The second-order valence-electron chi connectivity index (χ2n) is 4.20. The van der Waals surface area contributed by atoms with Gasteiger partial charge in [0, 0.05) is 12.6 Å². The van der Waals surface area contributed by atoms with Crippen molar-refractivity contribution in [3.05, 3.63) is 17.0 Å². The van der Waals surface area contributed by atoms with Gasteiger partial charge in [-0.15, -0.1) is 0 Å². The van der Waals surface area contributed by atoms with E-state index in [0.29, 0.717) is 23.7 Å². The third kappa shape index (κ3) is 2.73. The van der Waals surface area contributed by atoms with Gasteiger partial charge >= 0.3 is 0 Å². The van der Waals surface area contributed by atoms with Crippen LogP contribution in [0.4, 0.5) is 5.82 Å². The van der Waals surface area contributed by atoms with Crippen molar-refractivity contribution >= 4 is 23.7 Å². The van der Waals surface area contributed by atoms with Crippen molar-refractivity contribution in [2.24, 2.45) is 0 Å². The van der Waals surface area contributed by atoms with Crippen LogP contribution in [0.15, 0.2) is 6.33 Å². The van der Waals surface area contributed by atoms with Gasteiger partial charge in [0.2, 0.25) is 0 Å². The Morgan fingerprint density at radius 3 is 3.12 bits per heavy atom. The first-order chi connectivity index (χ1) is 8.22. The molecular weight excluding hydrogens is 240 g/mol. The molecule has 0 bridgehead atoms. The number of hydrogen-bond acceptors (Lipinski definition) is 5. The van der Waals surface area contributed by atoms with Gasteiger partial charge in [-0.25, -0.2) is 9.97 Å². The molecule has 1 N–H and O–H groups in total. The third-order valence-corrected chi connectivity index (χ3v) is 3.43. The summed E-state index contributed by atoms with van der Waals surface area (Å²) in [5.74, 6) is 0.514. The van der Waals surface area contributed by atoms with Crippen LogP contribution in [-0.2, 0) is 0 Å². The zero-order valence-electron chi connectivity index (χ0n) is 9.69. The van der Waals surface area contributed by atoms with E-state index in [0.717, 1.165) is 13.1 Å². The summed E-state index contributed by atoms with van der Waals surface area (Å²) >= 11 is 5.82. The average molecular weight is 255 g/mol. The van der Waals surface area contributed by atoms with E-state index in [4.69, 9.17) is 11.6 Å². The van der Waals surface area contributed by atoms with Crippen LogP contribution in [0.3, 0.4) is 0 Å². The summed E-state index contributed by atoms with van der Waals surface area (Å²) in [5, 5.41) is 3.36. The summed E-state index contributed by atoms with van der Waals surface area (Å²) in [7, 11) is 2.10. The number of hydrogen-bond donors (Lipinski definition) is 1. The Balaban J connectivity index is 2.03. The molecular formula is C11H15ClN4O. The Morgan fingerprint density at radius 2 is 2.47 bits per heavy atom. The number of nitrogens with one attached hydrogen (secondary N) is 1. The standard InChI is InChI=1S/C11H15ClN4O/c1-16-4-2-3-8(16)5-13-11-9(6-17)10(12)14-7-15-11/h6-8H,2-5H2,1H3,(H,13,14,15). The molecule has 1 aromatic heterocycles. The fraction of sp³-hybridized carbons (Fsp3) is 0.545. The number of rotatable bonds is 4. The quantitative estimate of drug-likeness (QED) is 0.651. The van der Waals surface area contributed by atoms with Crippen LogP contribution < -0.4 is 5.32 Å². The van der Waals surface area contributed by atoms with Gasteiger partial charge in [-0.05, 0) is 26.4 Å². The minimum Gasteiger partial charge on any atom is -0.368 e. The number of halogens is 1. The molecule has 5 nitrogen and oxygen atoms in total. The molecule has 0 amide bonds. The molecule has 92 valence electrons. The smallest absolute Gasteiger partial charge is 0.156 e. The second kappa shape index (κ2) is 5.42. The topological polar surface area (TPSA) is 58.1 Å².